The third kappa shape index (κ3) is 62.4. The highest BCUT2D eigenvalue weighted by Crippen LogP contribution is 2.43. The fourth-order valence-electron chi connectivity index (χ4n) is 8.96. The Morgan fingerprint density at radius 3 is 1.11 bits per heavy atom. The predicted molar refractivity (Wildman–Crippen MR) is 345 cm³/mol. The van der Waals surface area contributed by atoms with E-state index in [1.807, 2.05) is 21.1 Å². The zero-order valence-electron chi connectivity index (χ0n) is 51.8. The number of carbonyl (C=O) groups is 1. The van der Waals surface area contributed by atoms with Crippen molar-refractivity contribution in [2.45, 2.75) is 276 Å². The van der Waals surface area contributed by atoms with Gasteiger partial charge in [0.1, 0.15) is 13.2 Å². The number of hydrogen-bond acceptors (Lipinski definition) is 5. The quantitative estimate of drug-likeness (QED) is 0.0243. The van der Waals surface area contributed by atoms with Crippen LogP contribution in [-0.2, 0) is 18.4 Å². The molecule has 0 aromatic carbocycles. The second-order valence-electron chi connectivity index (χ2n) is 22.8. The molecule has 0 rings (SSSR count). The van der Waals surface area contributed by atoms with E-state index >= 15 is 0 Å². The third-order valence-electron chi connectivity index (χ3n) is 14.0. The lowest BCUT2D eigenvalue weighted by Crippen LogP contribution is -2.46. The molecule has 0 saturated carbocycles. The molecule has 9 heteroatoms. The number of allylic oxidation sites excluding steroid dienone is 20. The molecule has 0 saturated heterocycles. The van der Waals surface area contributed by atoms with Crippen molar-refractivity contribution < 1.29 is 32.9 Å². The number of nitrogens with zero attached hydrogens (tertiary/aromatic N) is 1. The fourth-order valence-corrected chi connectivity index (χ4v) is 9.69. The van der Waals surface area contributed by atoms with Gasteiger partial charge in [-0.3, -0.25) is 13.8 Å². The van der Waals surface area contributed by atoms with E-state index in [1.54, 1.807) is 0 Å². The summed E-state index contributed by atoms with van der Waals surface area (Å²) in [6.07, 6.45) is 88.4. The van der Waals surface area contributed by atoms with Gasteiger partial charge in [-0.05, 0) is 89.9 Å². The SMILES string of the molecule is CC/C=C\C/C=C\C/C=C\C/C=C\C/C=C\C/C=C\C/C=C\C/C=C\C/C=C\C/C=C\CCCCCCCCCCC(=O)NC(COP(=O)(O)OCC[N+](C)(C)C)C(O)CCCCCCCCCCCCCCCCCCCC. The van der Waals surface area contributed by atoms with Crippen LogP contribution in [0.25, 0.3) is 0 Å². The second-order valence-corrected chi connectivity index (χ2v) is 24.2. The minimum Gasteiger partial charge on any atom is -0.391 e. The zero-order valence-corrected chi connectivity index (χ0v) is 52.7. The van der Waals surface area contributed by atoms with Crippen LogP contribution in [0.15, 0.2) is 122 Å². The van der Waals surface area contributed by atoms with Crippen molar-refractivity contribution in [3.05, 3.63) is 122 Å². The van der Waals surface area contributed by atoms with E-state index in [0.29, 0.717) is 23.9 Å². The Morgan fingerprint density at radius 1 is 0.443 bits per heavy atom. The summed E-state index contributed by atoms with van der Waals surface area (Å²) in [7, 11) is 1.60. The Bertz CT molecular complexity index is 1700. The first kappa shape index (κ1) is 75.9. The molecule has 3 unspecified atom stereocenters. The second kappa shape index (κ2) is 59.5. The Kier molecular flexibility index (Phi) is 57.2. The molecule has 0 spiro atoms. The van der Waals surface area contributed by atoms with E-state index in [0.717, 1.165) is 109 Å². The number of phosphoric ester groups is 1. The minimum atomic E-state index is -4.34. The summed E-state index contributed by atoms with van der Waals surface area (Å²) in [5.74, 6) is -0.156. The molecule has 0 bridgehead atoms. The van der Waals surface area contributed by atoms with Gasteiger partial charge < -0.3 is 19.8 Å². The van der Waals surface area contributed by atoms with Gasteiger partial charge in [0.05, 0.1) is 39.9 Å². The molecule has 0 radical (unpaired) electrons. The van der Waals surface area contributed by atoms with Crippen LogP contribution >= 0.6 is 7.82 Å². The summed E-state index contributed by atoms with van der Waals surface area (Å²) in [6.45, 7) is 4.78. The van der Waals surface area contributed by atoms with Gasteiger partial charge in [-0.2, -0.15) is 0 Å². The highest BCUT2D eigenvalue weighted by Gasteiger charge is 2.28. The maximum Gasteiger partial charge on any atom is 0.472 e. The van der Waals surface area contributed by atoms with Gasteiger partial charge in [-0.25, -0.2) is 4.57 Å². The number of aliphatic hydroxyl groups excluding tert-OH is 1. The van der Waals surface area contributed by atoms with Gasteiger partial charge in [-0.1, -0.05) is 289 Å². The van der Waals surface area contributed by atoms with E-state index in [1.165, 1.54) is 128 Å². The third-order valence-corrected chi connectivity index (χ3v) is 15.0. The average molecular weight is 1120 g/mol. The number of nitrogens with one attached hydrogen (secondary N) is 1. The summed E-state index contributed by atoms with van der Waals surface area (Å²) in [6, 6.07) is -0.774. The molecule has 0 fully saturated rings. The first-order valence-electron chi connectivity index (χ1n) is 32.4. The number of hydrogen-bond donors (Lipinski definition) is 3. The number of rotatable bonds is 58. The van der Waals surface area contributed by atoms with Gasteiger partial charge in [0.15, 0.2) is 0 Å². The Balaban J connectivity index is 4.12. The van der Waals surface area contributed by atoms with Crippen LogP contribution in [0.1, 0.15) is 264 Å². The first-order chi connectivity index (χ1) is 38.5. The van der Waals surface area contributed by atoms with Crippen LogP contribution in [0.3, 0.4) is 0 Å². The number of aliphatic hydroxyl groups is 1. The van der Waals surface area contributed by atoms with E-state index in [9.17, 15) is 19.4 Å². The molecule has 0 aromatic heterocycles. The Labute approximate surface area is 488 Å². The van der Waals surface area contributed by atoms with Gasteiger partial charge in [-0.15, -0.1) is 0 Å². The van der Waals surface area contributed by atoms with Gasteiger partial charge in [0.2, 0.25) is 5.91 Å². The van der Waals surface area contributed by atoms with Crippen molar-refractivity contribution in [3.63, 3.8) is 0 Å². The molecule has 0 aromatic rings. The number of quaternary nitrogens is 1. The normalized spacial score (nSPS) is 14.6. The van der Waals surface area contributed by atoms with Gasteiger partial charge in [0, 0.05) is 6.42 Å². The molecular weight excluding hydrogens is 996 g/mol. The monoisotopic (exact) mass is 1120 g/mol. The molecule has 0 aliphatic carbocycles. The number of unbranched alkanes of at least 4 members (excludes halogenated alkanes) is 25. The molecule has 3 N–H and O–H groups in total. The molecule has 79 heavy (non-hydrogen) atoms. The predicted octanol–water partition coefficient (Wildman–Crippen LogP) is 20.5. The number of amides is 1. The summed E-state index contributed by atoms with van der Waals surface area (Å²) in [5, 5.41) is 14.1. The van der Waals surface area contributed by atoms with Crippen LogP contribution in [0.2, 0.25) is 0 Å². The fraction of sp³-hybridized carbons (Fsp3) is 0.700. The lowest BCUT2D eigenvalue weighted by atomic mass is 10.0. The van der Waals surface area contributed by atoms with Crippen LogP contribution in [-0.4, -0.2) is 73.4 Å². The minimum absolute atomic E-state index is 0.0678. The van der Waals surface area contributed by atoms with Crippen LogP contribution in [0, 0.1) is 0 Å². The summed E-state index contributed by atoms with van der Waals surface area (Å²) >= 11 is 0. The molecule has 3 atom stereocenters. The molecule has 1 amide bonds. The number of carbonyl (C=O) groups excluding carboxylic acids is 1. The zero-order chi connectivity index (χ0) is 57.7. The molecule has 8 nitrogen and oxygen atoms in total. The van der Waals surface area contributed by atoms with Crippen molar-refractivity contribution in [3.8, 4) is 0 Å². The van der Waals surface area contributed by atoms with E-state index in [-0.39, 0.29) is 19.1 Å². The lowest BCUT2D eigenvalue weighted by Gasteiger charge is -2.26. The number of likely N-dealkylation sites (N-methyl/N-ethyl adjacent to an activating group) is 1. The van der Waals surface area contributed by atoms with Crippen molar-refractivity contribution in [1.82, 2.24) is 5.32 Å². The number of phosphoric acid groups is 1. The van der Waals surface area contributed by atoms with E-state index < -0.39 is 20.0 Å². The van der Waals surface area contributed by atoms with Crippen molar-refractivity contribution in [2.75, 3.05) is 40.9 Å². The maximum atomic E-state index is 13.0. The standard InChI is InChI=1S/C70H123N2O6P/c1-6-8-10-12-14-16-18-20-22-24-26-27-28-29-30-31-32-33-34-35-36-37-38-39-40-41-42-43-44-45-46-48-50-52-54-56-58-60-62-64-70(74)71-68(67-78-79(75,76)77-66-65-72(3,4)5)69(73)63-61-59-57-55-53-51-49-47-25-23-21-19-17-15-13-11-9-7-2/h8,10,14,16,20,22,26-27,29-30,32-33,35-36,38-39,41-42,44-45,68-69,73H,6-7,9,11-13,15,17-19,21,23-25,28,31,34,37,40,43,46-67H2,1-5H3,(H-,71,74,75,76)/p+1/b10-8-,16-14-,22-20-,27-26-,30-29-,33-32-,36-35-,39-38-,42-41-,45-44-. The van der Waals surface area contributed by atoms with Crippen molar-refractivity contribution >= 4 is 13.7 Å². The van der Waals surface area contributed by atoms with E-state index in [4.69, 9.17) is 9.05 Å². The topological polar surface area (TPSA) is 105 Å². The van der Waals surface area contributed by atoms with E-state index in [2.05, 4.69) is 141 Å². The molecule has 454 valence electrons. The lowest BCUT2D eigenvalue weighted by molar-refractivity contribution is -0.870. The molecule has 0 aliphatic heterocycles. The van der Waals surface area contributed by atoms with Crippen molar-refractivity contribution in [1.29, 1.82) is 0 Å². The maximum absolute atomic E-state index is 13.0. The Morgan fingerprint density at radius 2 is 0.759 bits per heavy atom. The highest BCUT2D eigenvalue weighted by molar-refractivity contribution is 7.47. The first-order valence-corrected chi connectivity index (χ1v) is 33.9. The smallest absolute Gasteiger partial charge is 0.391 e. The van der Waals surface area contributed by atoms with Crippen LogP contribution < -0.4 is 5.32 Å². The molecular formula is C70H124N2O6P+. The Hall–Kier alpha value is -3.10. The van der Waals surface area contributed by atoms with Gasteiger partial charge in [0.25, 0.3) is 0 Å². The van der Waals surface area contributed by atoms with Crippen molar-refractivity contribution in [2.24, 2.45) is 0 Å². The van der Waals surface area contributed by atoms with Gasteiger partial charge >= 0.3 is 7.82 Å². The summed E-state index contributed by atoms with van der Waals surface area (Å²) < 4.78 is 23.8. The highest BCUT2D eigenvalue weighted by atomic mass is 31.2. The summed E-state index contributed by atoms with van der Waals surface area (Å²) in [5.41, 5.74) is 0. The average Bonchev–Trinajstić information content (AvgIpc) is 3.42. The summed E-state index contributed by atoms with van der Waals surface area (Å²) in [4.78, 5) is 23.4. The molecule has 0 aliphatic rings. The van der Waals surface area contributed by atoms with Crippen LogP contribution in [0.5, 0.6) is 0 Å². The molecule has 0 heterocycles. The largest absolute Gasteiger partial charge is 0.472 e. The van der Waals surface area contributed by atoms with Crippen LogP contribution in [0.4, 0.5) is 0 Å².